The summed E-state index contributed by atoms with van der Waals surface area (Å²) in [4.78, 5) is 2.93. The van der Waals surface area contributed by atoms with Crippen molar-refractivity contribution in [2.75, 3.05) is 13.1 Å². The van der Waals surface area contributed by atoms with Crippen molar-refractivity contribution in [3.63, 3.8) is 0 Å². The Labute approximate surface area is 126 Å². The van der Waals surface area contributed by atoms with Crippen LogP contribution in [-0.4, -0.2) is 35.6 Å². The lowest BCUT2D eigenvalue weighted by molar-refractivity contribution is -0.00255. The van der Waals surface area contributed by atoms with Crippen molar-refractivity contribution in [1.82, 2.24) is 10.2 Å². The molecule has 1 N–H and O–H groups in total. The standard InChI is InChI=1S/C18H36N2/c1-5-15-11-9-10-12-17(15)20-14-18(7-3,8-4)19-13-16(20)6-2/h15-17,19H,5-14H2,1-4H3. The first-order chi connectivity index (χ1) is 9.69. The highest BCUT2D eigenvalue weighted by atomic mass is 15.3. The number of nitrogens with one attached hydrogen (secondary N) is 1. The van der Waals surface area contributed by atoms with Crippen molar-refractivity contribution in [3.05, 3.63) is 0 Å². The summed E-state index contributed by atoms with van der Waals surface area (Å²) in [6, 6.07) is 1.62. The lowest BCUT2D eigenvalue weighted by atomic mass is 9.79. The molecule has 2 heteroatoms. The molecule has 0 aromatic heterocycles. The van der Waals surface area contributed by atoms with Gasteiger partial charge in [-0.25, -0.2) is 0 Å². The summed E-state index contributed by atoms with van der Waals surface area (Å²) < 4.78 is 0. The Hall–Kier alpha value is -0.0800. The molecule has 2 fully saturated rings. The van der Waals surface area contributed by atoms with E-state index in [0.29, 0.717) is 5.54 Å². The van der Waals surface area contributed by atoms with Crippen molar-refractivity contribution in [1.29, 1.82) is 0 Å². The first-order valence-corrected chi connectivity index (χ1v) is 9.20. The number of piperazine rings is 1. The Bertz CT molecular complexity index is 285. The molecule has 0 aromatic rings. The van der Waals surface area contributed by atoms with Crippen LogP contribution in [0.15, 0.2) is 0 Å². The molecule has 0 amide bonds. The zero-order valence-corrected chi connectivity index (χ0v) is 14.3. The van der Waals surface area contributed by atoms with Gasteiger partial charge in [0.2, 0.25) is 0 Å². The van der Waals surface area contributed by atoms with Gasteiger partial charge >= 0.3 is 0 Å². The predicted octanol–water partition coefficient (Wildman–Crippen LogP) is 4.20. The van der Waals surface area contributed by atoms with E-state index in [-0.39, 0.29) is 0 Å². The third-order valence-electron chi connectivity index (χ3n) is 6.31. The Balaban J connectivity index is 2.15. The number of hydrogen-bond donors (Lipinski definition) is 1. The van der Waals surface area contributed by atoms with Crippen LogP contribution in [-0.2, 0) is 0 Å². The fourth-order valence-electron chi connectivity index (χ4n) is 4.58. The first-order valence-electron chi connectivity index (χ1n) is 9.20. The van der Waals surface area contributed by atoms with E-state index in [9.17, 15) is 0 Å². The van der Waals surface area contributed by atoms with Crippen LogP contribution in [0.5, 0.6) is 0 Å². The normalized spacial score (nSPS) is 35.1. The van der Waals surface area contributed by atoms with Crippen LogP contribution in [0.1, 0.15) is 79.1 Å². The highest BCUT2D eigenvalue weighted by Crippen LogP contribution is 2.35. The summed E-state index contributed by atoms with van der Waals surface area (Å²) in [5.74, 6) is 0.947. The molecule has 1 aliphatic carbocycles. The molecular formula is C18H36N2. The van der Waals surface area contributed by atoms with E-state index in [1.807, 2.05) is 0 Å². The second-order valence-corrected chi connectivity index (χ2v) is 7.12. The van der Waals surface area contributed by atoms with E-state index in [0.717, 1.165) is 18.0 Å². The topological polar surface area (TPSA) is 15.3 Å². The van der Waals surface area contributed by atoms with E-state index < -0.39 is 0 Å². The number of hydrogen-bond acceptors (Lipinski definition) is 2. The van der Waals surface area contributed by atoms with Crippen LogP contribution in [0.3, 0.4) is 0 Å². The lowest BCUT2D eigenvalue weighted by Gasteiger charge is -2.53. The van der Waals surface area contributed by atoms with Gasteiger partial charge in [-0.2, -0.15) is 0 Å². The van der Waals surface area contributed by atoms with E-state index >= 15 is 0 Å². The average molecular weight is 280 g/mol. The fourth-order valence-corrected chi connectivity index (χ4v) is 4.58. The molecule has 0 aromatic carbocycles. The van der Waals surface area contributed by atoms with E-state index in [1.165, 1.54) is 64.5 Å². The van der Waals surface area contributed by atoms with Gasteiger partial charge in [0, 0.05) is 30.7 Å². The van der Waals surface area contributed by atoms with Crippen LogP contribution < -0.4 is 5.32 Å². The molecule has 0 bridgehead atoms. The van der Waals surface area contributed by atoms with Crippen molar-refractivity contribution in [2.24, 2.45) is 5.92 Å². The summed E-state index contributed by atoms with van der Waals surface area (Å²) in [6.07, 6.45) is 11.0. The molecule has 20 heavy (non-hydrogen) atoms. The zero-order chi connectivity index (χ0) is 14.6. The number of nitrogens with zero attached hydrogens (tertiary/aromatic N) is 1. The van der Waals surface area contributed by atoms with Gasteiger partial charge in [-0.1, -0.05) is 47.0 Å². The molecule has 118 valence electrons. The van der Waals surface area contributed by atoms with Gasteiger partial charge in [0.25, 0.3) is 0 Å². The SMILES string of the molecule is CCC1CCCCC1N1CC(CC)(CC)NCC1CC. The van der Waals surface area contributed by atoms with Crippen LogP contribution in [0, 0.1) is 5.92 Å². The van der Waals surface area contributed by atoms with Gasteiger partial charge in [0.1, 0.15) is 0 Å². The van der Waals surface area contributed by atoms with Crippen molar-refractivity contribution >= 4 is 0 Å². The third-order valence-corrected chi connectivity index (χ3v) is 6.31. The van der Waals surface area contributed by atoms with Crippen LogP contribution >= 0.6 is 0 Å². The minimum Gasteiger partial charge on any atom is -0.308 e. The van der Waals surface area contributed by atoms with Crippen LogP contribution in [0.2, 0.25) is 0 Å². The molecular weight excluding hydrogens is 244 g/mol. The maximum Gasteiger partial charge on any atom is 0.0304 e. The largest absolute Gasteiger partial charge is 0.308 e. The quantitative estimate of drug-likeness (QED) is 0.812. The molecule has 2 rings (SSSR count). The van der Waals surface area contributed by atoms with Crippen molar-refractivity contribution < 1.29 is 0 Å². The summed E-state index contributed by atoms with van der Waals surface area (Å²) in [6.45, 7) is 12.0. The summed E-state index contributed by atoms with van der Waals surface area (Å²) in [7, 11) is 0. The molecule has 1 saturated heterocycles. The third kappa shape index (κ3) is 3.22. The maximum atomic E-state index is 3.89. The molecule has 3 atom stereocenters. The summed E-state index contributed by atoms with van der Waals surface area (Å²) in [5.41, 5.74) is 0.376. The van der Waals surface area contributed by atoms with E-state index in [4.69, 9.17) is 0 Å². The summed E-state index contributed by atoms with van der Waals surface area (Å²) >= 11 is 0. The Morgan fingerprint density at radius 2 is 1.70 bits per heavy atom. The minimum atomic E-state index is 0.376. The maximum absolute atomic E-state index is 3.89. The first kappa shape index (κ1) is 16.3. The highest BCUT2D eigenvalue weighted by molar-refractivity contribution is 5.00. The van der Waals surface area contributed by atoms with Crippen LogP contribution in [0.4, 0.5) is 0 Å². The van der Waals surface area contributed by atoms with Gasteiger partial charge in [-0.05, 0) is 38.0 Å². The molecule has 1 saturated carbocycles. The van der Waals surface area contributed by atoms with Gasteiger partial charge in [-0.15, -0.1) is 0 Å². The van der Waals surface area contributed by atoms with Crippen LogP contribution in [0.25, 0.3) is 0 Å². The van der Waals surface area contributed by atoms with E-state index in [1.54, 1.807) is 0 Å². The summed E-state index contributed by atoms with van der Waals surface area (Å²) in [5, 5.41) is 3.89. The van der Waals surface area contributed by atoms with Gasteiger partial charge in [0.05, 0.1) is 0 Å². The van der Waals surface area contributed by atoms with E-state index in [2.05, 4.69) is 37.9 Å². The Kier molecular flexibility index (Phi) is 5.92. The molecule has 2 nitrogen and oxygen atoms in total. The smallest absolute Gasteiger partial charge is 0.0304 e. The molecule has 2 aliphatic rings. The molecule has 1 heterocycles. The minimum absolute atomic E-state index is 0.376. The van der Waals surface area contributed by atoms with Crippen molar-refractivity contribution in [2.45, 2.75) is 96.7 Å². The monoisotopic (exact) mass is 280 g/mol. The molecule has 1 aliphatic heterocycles. The zero-order valence-electron chi connectivity index (χ0n) is 14.3. The number of rotatable bonds is 5. The predicted molar refractivity (Wildman–Crippen MR) is 88.1 cm³/mol. The molecule has 0 spiro atoms. The lowest BCUT2D eigenvalue weighted by Crippen LogP contribution is -2.66. The average Bonchev–Trinajstić information content (AvgIpc) is 2.54. The Morgan fingerprint density at radius 3 is 2.30 bits per heavy atom. The van der Waals surface area contributed by atoms with Gasteiger partial charge < -0.3 is 5.32 Å². The molecule has 0 radical (unpaired) electrons. The molecule has 3 unspecified atom stereocenters. The second kappa shape index (κ2) is 7.26. The highest BCUT2D eigenvalue weighted by Gasteiger charge is 2.41. The van der Waals surface area contributed by atoms with Crippen molar-refractivity contribution in [3.8, 4) is 0 Å². The second-order valence-electron chi connectivity index (χ2n) is 7.12. The Morgan fingerprint density at radius 1 is 1.00 bits per heavy atom. The fraction of sp³-hybridized carbons (Fsp3) is 1.00. The van der Waals surface area contributed by atoms with Gasteiger partial charge in [-0.3, -0.25) is 4.90 Å². The van der Waals surface area contributed by atoms with Gasteiger partial charge in [0.15, 0.2) is 0 Å².